The Kier molecular flexibility index (Phi) is 4.56. The average Bonchev–Trinajstić information content (AvgIpc) is 2.86. The van der Waals surface area contributed by atoms with Gasteiger partial charge < -0.3 is 15.0 Å². The van der Waals surface area contributed by atoms with E-state index in [1.165, 1.54) is 11.9 Å². The van der Waals surface area contributed by atoms with Crippen molar-refractivity contribution >= 4 is 11.0 Å². The number of nitrogens with two attached hydrogens (primary N) is 1. The molecule has 21 heavy (non-hydrogen) atoms. The Balaban J connectivity index is 1.83. The zero-order valence-corrected chi connectivity index (χ0v) is 12.8. The number of para-hydroxylation sites is 2. The van der Waals surface area contributed by atoms with Gasteiger partial charge in [-0.2, -0.15) is 0 Å². The summed E-state index contributed by atoms with van der Waals surface area (Å²) in [5.41, 5.74) is 8.73. The minimum Gasteiger partial charge on any atom is -0.381 e. The van der Waals surface area contributed by atoms with Crippen LogP contribution >= 0.6 is 0 Å². The zero-order chi connectivity index (χ0) is 14.7. The van der Waals surface area contributed by atoms with Crippen molar-refractivity contribution in [2.45, 2.75) is 45.2 Å². The summed E-state index contributed by atoms with van der Waals surface area (Å²) in [5, 5.41) is 0. The van der Waals surface area contributed by atoms with Crippen LogP contribution in [0.5, 0.6) is 0 Å². The minimum absolute atomic E-state index is 0.137. The summed E-state index contributed by atoms with van der Waals surface area (Å²) in [6.45, 7) is 4.89. The largest absolute Gasteiger partial charge is 0.381 e. The Hall–Kier alpha value is -1.39. The standard InChI is InChI=1S/C17H25N3O/c1-2-9-20-16-8-4-3-7-15(16)19-17(20)11-14(18)13-6-5-10-21-12-13/h3-4,7-8,13-14H,2,5-6,9-12,18H2,1H3. The first-order valence-electron chi connectivity index (χ1n) is 8.07. The van der Waals surface area contributed by atoms with E-state index in [1.54, 1.807) is 0 Å². The van der Waals surface area contributed by atoms with Crippen LogP contribution in [0.1, 0.15) is 32.0 Å². The highest BCUT2D eigenvalue weighted by molar-refractivity contribution is 5.75. The number of aromatic nitrogens is 2. The van der Waals surface area contributed by atoms with Crippen LogP contribution in [-0.4, -0.2) is 28.8 Å². The maximum Gasteiger partial charge on any atom is 0.111 e. The van der Waals surface area contributed by atoms with E-state index >= 15 is 0 Å². The molecule has 2 unspecified atom stereocenters. The van der Waals surface area contributed by atoms with Crippen molar-refractivity contribution in [1.29, 1.82) is 0 Å². The van der Waals surface area contributed by atoms with Gasteiger partial charge in [0.2, 0.25) is 0 Å². The van der Waals surface area contributed by atoms with Gasteiger partial charge in [-0.3, -0.25) is 0 Å². The molecule has 0 amide bonds. The third-order valence-electron chi connectivity index (χ3n) is 4.40. The molecule has 114 valence electrons. The van der Waals surface area contributed by atoms with E-state index in [0.29, 0.717) is 5.92 Å². The lowest BCUT2D eigenvalue weighted by atomic mass is 9.92. The van der Waals surface area contributed by atoms with Gasteiger partial charge in [0.25, 0.3) is 0 Å². The summed E-state index contributed by atoms with van der Waals surface area (Å²) in [6.07, 6.45) is 4.25. The van der Waals surface area contributed by atoms with E-state index in [9.17, 15) is 0 Å². The molecule has 2 atom stereocenters. The van der Waals surface area contributed by atoms with Gasteiger partial charge in [0.15, 0.2) is 0 Å². The Morgan fingerprint density at radius 2 is 2.29 bits per heavy atom. The summed E-state index contributed by atoms with van der Waals surface area (Å²) in [5.74, 6) is 1.59. The fourth-order valence-electron chi connectivity index (χ4n) is 3.24. The van der Waals surface area contributed by atoms with E-state index in [-0.39, 0.29) is 6.04 Å². The Labute approximate surface area is 126 Å². The highest BCUT2D eigenvalue weighted by Crippen LogP contribution is 2.22. The van der Waals surface area contributed by atoms with Crippen LogP contribution in [0.4, 0.5) is 0 Å². The fraction of sp³-hybridized carbons (Fsp3) is 0.588. The SMILES string of the molecule is CCCn1c(CC(N)C2CCCOC2)nc2ccccc21. The van der Waals surface area contributed by atoms with Crippen LogP contribution in [0.3, 0.4) is 0 Å². The molecule has 1 fully saturated rings. The molecule has 1 aliphatic rings. The van der Waals surface area contributed by atoms with Crippen molar-refractivity contribution < 1.29 is 4.74 Å². The first kappa shape index (κ1) is 14.5. The van der Waals surface area contributed by atoms with Crippen molar-refractivity contribution in [2.24, 2.45) is 11.7 Å². The van der Waals surface area contributed by atoms with Crippen LogP contribution in [0, 0.1) is 5.92 Å². The van der Waals surface area contributed by atoms with Crippen LogP contribution in [0.15, 0.2) is 24.3 Å². The van der Waals surface area contributed by atoms with Crippen molar-refractivity contribution in [3.8, 4) is 0 Å². The van der Waals surface area contributed by atoms with Gasteiger partial charge in [-0.1, -0.05) is 19.1 Å². The van der Waals surface area contributed by atoms with Crippen molar-refractivity contribution in [3.63, 3.8) is 0 Å². The highest BCUT2D eigenvalue weighted by Gasteiger charge is 2.23. The quantitative estimate of drug-likeness (QED) is 0.920. The molecule has 4 heteroatoms. The van der Waals surface area contributed by atoms with Crippen molar-refractivity contribution in [2.75, 3.05) is 13.2 Å². The van der Waals surface area contributed by atoms with Crippen LogP contribution in [-0.2, 0) is 17.7 Å². The molecule has 0 aliphatic carbocycles. The second-order valence-electron chi connectivity index (χ2n) is 6.01. The second kappa shape index (κ2) is 6.58. The van der Waals surface area contributed by atoms with Gasteiger partial charge in [0.1, 0.15) is 5.82 Å². The lowest BCUT2D eigenvalue weighted by Crippen LogP contribution is -2.38. The third-order valence-corrected chi connectivity index (χ3v) is 4.40. The van der Waals surface area contributed by atoms with E-state index in [4.69, 9.17) is 15.5 Å². The molecule has 1 aromatic carbocycles. The van der Waals surface area contributed by atoms with E-state index < -0.39 is 0 Å². The first-order valence-corrected chi connectivity index (χ1v) is 8.07. The lowest BCUT2D eigenvalue weighted by Gasteiger charge is -2.27. The molecule has 2 N–H and O–H groups in total. The summed E-state index contributed by atoms with van der Waals surface area (Å²) >= 11 is 0. The number of fused-ring (bicyclic) bond motifs is 1. The Morgan fingerprint density at radius 1 is 1.43 bits per heavy atom. The number of imidazole rings is 1. The number of rotatable bonds is 5. The minimum atomic E-state index is 0.137. The maximum atomic E-state index is 6.43. The fourth-order valence-corrected chi connectivity index (χ4v) is 3.24. The van der Waals surface area contributed by atoms with Gasteiger partial charge in [0, 0.05) is 25.6 Å². The normalized spacial score (nSPS) is 20.8. The zero-order valence-electron chi connectivity index (χ0n) is 12.8. The molecule has 0 radical (unpaired) electrons. The molecule has 0 saturated carbocycles. The summed E-state index contributed by atoms with van der Waals surface area (Å²) in [6, 6.07) is 8.49. The van der Waals surface area contributed by atoms with E-state index in [0.717, 1.165) is 50.4 Å². The molecule has 4 nitrogen and oxygen atoms in total. The summed E-state index contributed by atoms with van der Waals surface area (Å²) in [4.78, 5) is 4.81. The van der Waals surface area contributed by atoms with Crippen LogP contribution in [0.25, 0.3) is 11.0 Å². The molecule has 2 aromatic rings. The maximum absolute atomic E-state index is 6.43. The van der Waals surface area contributed by atoms with Gasteiger partial charge in [0.05, 0.1) is 17.6 Å². The van der Waals surface area contributed by atoms with Gasteiger partial charge in [-0.05, 0) is 37.3 Å². The van der Waals surface area contributed by atoms with E-state index in [2.05, 4.69) is 29.7 Å². The second-order valence-corrected chi connectivity index (χ2v) is 6.01. The molecule has 1 aliphatic heterocycles. The highest BCUT2D eigenvalue weighted by atomic mass is 16.5. The van der Waals surface area contributed by atoms with Gasteiger partial charge in [-0.15, -0.1) is 0 Å². The number of aryl methyl sites for hydroxylation is 1. The molecule has 3 rings (SSSR count). The van der Waals surface area contributed by atoms with Gasteiger partial charge >= 0.3 is 0 Å². The van der Waals surface area contributed by atoms with Crippen LogP contribution in [0.2, 0.25) is 0 Å². The molecule has 0 spiro atoms. The molecular weight excluding hydrogens is 262 g/mol. The topological polar surface area (TPSA) is 53.1 Å². The average molecular weight is 287 g/mol. The number of ether oxygens (including phenoxy) is 1. The number of benzene rings is 1. The van der Waals surface area contributed by atoms with Gasteiger partial charge in [-0.25, -0.2) is 4.98 Å². The molecule has 1 aromatic heterocycles. The number of nitrogens with zero attached hydrogens (tertiary/aromatic N) is 2. The lowest BCUT2D eigenvalue weighted by molar-refractivity contribution is 0.0447. The predicted molar refractivity (Wildman–Crippen MR) is 85.2 cm³/mol. The molecule has 0 bridgehead atoms. The first-order chi connectivity index (χ1) is 10.3. The number of hydrogen-bond donors (Lipinski definition) is 1. The predicted octanol–water partition coefficient (Wildman–Crippen LogP) is 2.74. The molecule has 2 heterocycles. The summed E-state index contributed by atoms with van der Waals surface area (Å²) in [7, 11) is 0. The third kappa shape index (κ3) is 3.11. The molecule has 1 saturated heterocycles. The number of hydrogen-bond acceptors (Lipinski definition) is 3. The molecular formula is C17H25N3O. The van der Waals surface area contributed by atoms with Crippen molar-refractivity contribution in [1.82, 2.24) is 9.55 Å². The Morgan fingerprint density at radius 3 is 3.05 bits per heavy atom. The van der Waals surface area contributed by atoms with Crippen molar-refractivity contribution in [3.05, 3.63) is 30.1 Å². The monoisotopic (exact) mass is 287 g/mol. The smallest absolute Gasteiger partial charge is 0.111 e. The van der Waals surface area contributed by atoms with Crippen LogP contribution < -0.4 is 5.73 Å². The summed E-state index contributed by atoms with van der Waals surface area (Å²) < 4.78 is 7.90. The Bertz CT molecular complexity index is 587. The van der Waals surface area contributed by atoms with E-state index in [1.807, 2.05) is 6.07 Å².